The minimum Gasteiger partial charge on any atom is -0.309 e. The van der Waals surface area contributed by atoms with Crippen LogP contribution in [-0.4, -0.2) is 4.57 Å². The summed E-state index contributed by atoms with van der Waals surface area (Å²) in [6, 6.07) is 35.5. The average Bonchev–Trinajstić information content (AvgIpc) is 3.13. The van der Waals surface area contributed by atoms with Gasteiger partial charge in [-0.1, -0.05) is 72.8 Å². The smallest absolute Gasteiger partial charge is 0.0547 e. The molecule has 1 aromatic heterocycles. The molecule has 0 aliphatic heterocycles. The van der Waals surface area contributed by atoms with E-state index in [9.17, 15) is 0 Å². The Bertz CT molecular complexity index is 1650. The lowest BCUT2D eigenvalue weighted by Crippen LogP contribution is -1.97. The quantitative estimate of drug-likeness (QED) is 0.269. The molecule has 154 valence electrons. The molecule has 0 amide bonds. The van der Waals surface area contributed by atoms with Gasteiger partial charge in [0.05, 0.1) is 16.7 Å². The average molecular weight is 412 g/mol. The Labute approximate surface area is 188 Å². The van der Waals surface area contributed by atoms with Crippen LogP contribution in [0.4, 0.5) is 0 Å². The van der Waals surface area contributed by atoms with Crippen LogP contribution in [0.2, 0.25) is 0 Å². The molecule has 0 saturated heterocycles. The second-order valence-corrected chi connectivity index (χ2v) is 8.80. The molecule has 0 aliphatic rings. The van der Waals surface area contributed by atoms with Gasteiger partial charge >= 0.3 is 0 Å². The fourth-order valence-electron chi connectivity index (χ4n) is 5.18. The molecule has 1 heterocycles. The van der Waals surface area contributed by atoms with Gasteiger partial charge in [0.25, 0.3) is 0 Å². The Kier molecular flexibility index (Phi) is 4.19. The van der Waals surface area contributed by atoms with E-state index in [0.717, 1.165) is 0 Å². The minimum atomic E-state index is 1.23. The molecule has 0 saturated carbocycles. The molecule has 6 rings (SSSR count). The first-order valence-corrected chi connectivity index (χ1v) is 11.2. The SMILES string of the molecule is Cc1ccccc1-c1cc2c(cc1C)c1ccccc1n2-c1ccc(C)c2ccccc12. The Balaban J connectivity index is 1.78. The number of benzene rings is 5. The number of hydrogen-bond acceptors (Lipinski definition) is 0. The van der Waals surface area contributed by atoms with Gasteiger partial charge in [0.1, 0.15) is 0 Å². The van der Waals surface area contributed by atoms with E-state index in [1.807, 2.05) is 0 Å². The molecule has 0 radical (unpaired) electrons. The highest BCUT2D eigenvalue weighted by molar-refractivity contribution is 6.12. The van der Waals surface area contributed by atoms with Gasteiger partial charge in [-0.3, -0.25) is 0 Å². The van der Waals surface area contributed by atoms with Crippen LogP contribution >= 0.6 is 0 Å². The van der Waals surface area contributed by atoms with Gasteiger partial charge in [0.2, 0.25) is 0 Å². The standard InChI is InChI=1S/C31H25N/c1-20-10-4-5-12-24(20)27-19-31-28(18-22(27)3)26-14-8-9-15-29(26)32(31)30-17-16-21(2)23-11-6-7-13-25(23)30/h4-19H,1-3H3. The van der Waals surface area contributed by atoms with E-state index in [1.54, 1.807) is 0 Å². The summed E-state index contributed by atoms with van der Waals surface area (Å²) in [4.78, 5) is 0. The zero-order valence-corrected chi connectivity index (χ0v) is 18.7. The molecule has 0 unspecified atom stereocenters. The van der Waals surface area contributed by atoms with Crippen molar-refractivity contribution in [1.29, 1.82) is 0 Å². The Morgan fingerprint density at radius 3 is 1.94 bits per heavy atom. The van der Waals surface area contributed by atoms with Crippen LogP contribution in [0.1, 0.15) is 16.7 Å². The van der Waals surface area contributed by atoms with Crippen LogP contribution in [0.15, 0.2) is 97.1 Å². The van der Waals surface area contributed by atoms with Gasteiger partial charge in [-0.2, -0.15) is 0 Å². The van der Waals surface area contributed by atoms with Gasteiger partial charge in [-0.05, 0) is 78.2 Å². The Morgan fingerprint density at radius 2 is 1.12 bits per heavy atom. The molecule has 0 N–H and O–H groups in total. The zero-order valence-electron chi connectivity index (χ0n) is 18.7. The summed E-state index contributed by atoms with van der Waals surface area (Å²) in [6.45, 7) is 6.62. The van der Waals surface area contributed by atoms with E-state index in [2.05, 4.69) is 122 Å². The molecule has 5 aromatic carbocycles. The van der Waals surface area contributed by atoms with Gasteiger partial charge in [-0.15, -0.1) is 0 Å². The summed E-state index contributed by atoms with van der Waals surface area (Å²) in [5.41, 5.74) is 10.3. The monoisotopic (exact) mass is 411 g/mol. The van der Waals surface area contributed by atoms with Crippen molar-refractivity contribution in [2.24, 2.45) is 0 Å². The van der Waals surface area contributed by atoms with Crippen LogP contribution in [0.25, 0.3) is 49.4 Å². The van der Waals surface area contributed by atoms with Crippen LogP contribution in [-0.2, 0) is 0 Å². The van der Waals surface area contributed by atoms with Crippen molar-refractivity contribution in [3.63, 3.8) is 0 Å². The van der Waals surface area contributed by atoms with Crippen molar-refractivity contribution >= 4 is 32.6 Å². The Hall–Kier alpha value is -3.84. The molecule has 0 aliphatic carbocycles. The van der Waals surface area contributed by atoms with E-state index >= 15 is 0 Å². The molecule has 0 fully saturated rings. The second kappa shape index (κ2) is 7.10. The predicted molar refractivity (Wildman–Crippen MR) is 138 cm³/mol. The van der Waals surface area contributed by atoms with Gasteiger partial charge in [-0.25, -0.2) is 0 Å². The van der Waals surface area contributed by atoms with E-state index in [1.165, 1.54) is 66.1 Å². The lowest BCUT2D eigenvalue weighted by Gasteiger charge is -2.15. The number of nitrogens with zero attached hydrogens (tertiary/aromatic N) is 1. The van der Waals surface area contributed by atoms with Gasteiger partial charge in [0.15, 0.2) is 0 Å². The number of aromatic nitrogens is 1. The highest BCUT2D eigenvalue weighted by Gasteiger charge is 2.17. The van der Waals surface area contributed by atoms with Crippen LogP contribution in [0, 0.1) is 20.8 Å². The van der Waals surface area contributed by atoms with Gasteiger partial charge < -0.3 is 4.57 Å². The highest BCUT2D eigenvalue weighted by Crippen LogP contribution is 2.39. The highest BCUT2D eigenvalue weighted by atomic mass is 15.0. The van der Waals surface area contributed by atoms with Crippen molar-refractivity contribution in [2.45, 2.75) is 20.8 Å². The molecule has 0 bridgehead atoms. The summed E-state index contributed by atoms with van der Waals surface area (Å²) >= 11 is 0. The predicted octanol–water partition coefficient (Wildman–Crippen LogP) is 8.53. The molecule has 0 spiro atoms. The third kappa shape index (κ3) is 2.71. The van der Waals surface area contributed by atoms with E-state index in [0.29, 0.717) is 0 Å². The van der Waals surface area contributed by atoms with E-state index in [-0.39, 0.29) is 0 Å². The number of rotatable bonds is 2. The fourth-order valence-corrected chi connectivity index (χ4v) is 5.18. The van der Waals surface area contributed by atoms with Crippen LogP contribution in [0.3, 0.4) is 0 Å². The molecule has 6 aromatic rings. The maximum atomic E-state index is 2.45. The number of fused-ring (bicyclic) bond motifs is 4. The third-order valence-corrected chi connectivity index (χ3v) is 6.81. The second-order valence-electron chi connectivity index (χ2n) is 8.80. The topological polar surface area (TPSA) is 4.93 Å². The Morgan fingerprint density at radius 1 is 0.438 bits per heavy atom. The van der Waals surface area contributed by atoms with Gasteiger partial charge in [0, 0.05) is 16.2 Å². The van der Waals surface area contributed by atoms with Crippen molar-refractivity contribution in [3.8, 4) is 16.8 Å². The minimum absolute atomic E-state index is 1.23. The molecule has 1 heteroatoms. The lowest BCUT2D eigenvalue weighted by atomic mass is 9.95. The summed E-state index contributed by atoms with van der Waals surface area (Å²) in [5.74, 6) is 0. The largest absolute Gasteiger partial charge is 0.309 e. The van der Waals surface area contributed by atoms with Crippen LogP contribution in [0.5, 0.6) is 0 Å². The summed E-state index contributed by atoms with van der Waals surface area (Å²) in [6.07, 6.45) is 0. The summed E-state index contributed by atoms with van der Waals surface area (Å²) in [5, 5.41) is 5.20. The number of hydrogen-bond donors (Lipinski definition) is 0. The number of para-hydroxylation sites is 1. The fraction of sp³-hybridized carbons (Fsp3) is 0.0968. The molecular weight excluding hydrogens is 386 g/mol. The maximum absolute atomic E-state index is 2.45. The van der Waals surface area contributed by atoms with Crippen molar-refractivity contribution in [3.05, 3.63) is 114 Å². The molecule has 1 nitrogen and oxygen atoms in total. The van der Waals surface area contributed by atoms with E-state index < -0.39 is 0 Å². The van der Waals surface area contributed by atoms with Crippen molar-refractivity contribution < 1.29 is 0 Å². The lowest BCUT2D eigenvalue weighted by molar-refractivity contribution is 1.19. The summed E-state index contributed by atoms with van der Waals surface area (Å²) < 4.78 is 2.45. The molecule has 32 heavy (non-hydrogen) atoms. The van der Waals surface area contributed by atoms with E-state index in [4.69, 9.17) is 0 Å². The summed E-state index contributed by atoms with van der Waals surface area (Å²) in [7, 11) is 0. The zero-order chi connectivity index (χ0) is 21.8. The third-order valence-electron chi connectivity index (χ3n) is 6.81. The maximum Gasteiger partial charge on any atom is 0.0547 e. The van der Waals surface area contributed by atoms with Crippen molar-refractivity contribution in [1.82, 2.24) is 4.57 Å². The normalized spacial score (nSPS) is 11.6. The molecule has 0 atom stereocenters. The first-order chi connectivity index (χ1) is 15.6. The number of aryl methyl sites for hydroxylation is 3. The van der Waals surface area contributed by atoms with Crippen LogP contribution < -0.4 is 0 Å². The first-order valence-electron chi connectivity index (χ1n) is 11.2. The molecular formula is C31H25N. The van der Waals surface area contributed by atoms with Crippen molar-refractivity contribution in [2.75, 3.05) is 0 Å². The first kappa shape index (κ1) is 18.9.